The van der Waals surface area contributed by atoms with Gasteiger partial charge in [-0.25, -0.2) is 18.4 Å². The normalized spacial score (nSPS) is 13.0. The van der Waals surface area contributed by atoms with Crippen LogP contribution in [-0.2, 0) is 5.60 Å². The lowest BCUT2D eigenvalue weighted by Gasteiger charge is -2.35. The van der Waals surface area contributed by atoms with Crippen molar-refractivity contribution in [3.63, 3.8) is 0 Å². The molecule has 0 spiro atoms. The number of aromatic nitrogens is 3. The molecule has 0 amide bonds. The maximum atomic E-state index is 13.2. The molecule has 23 heavy (non-hydrogen) atoms. The third-order valence-corrected chi connectivity index (χ3v) is 4.01. The molecule has 0 aliphatic rings. The number of nitrogens with zero attached hydrogens (tertiary/aromatic N) is 3. The summed E-state index contributed by atoms with van der Waals surface area (Å²) in [7, 11) is 0. The van der Waals surface area contributed by atoms with Gasteiger partial charge in [0.2, 0.25) is 0 Å². The molecule has 6 heteroatoms. The van der Waals surface area contributed by atoms with Crippen LogP contribution in [0.4, 0.5) is 8.78 Å². The molecule has 0 saturated heterocycles. The Bertz CT molecular complexity index is 725. The Morgan fingerprint density at radius 2 is 1.43 bits per heavy atom. The van der Waals surface area contributed by atoms with Gasteiger partial charge in [0.05, 0.1) is 6.04 Å². The zero-order valence-electron chi connectivity index (χ0n) is 12.4. The van der Waals surface area contributed by atoms with E-state index in [1.165, 1.54) is 65.9 Å². The minimum Gasteiger partial charge on any atom is -0.378 e. The molecular weight excluding hydrogens is 300 g/mol. The van der Waals surface area contributed by atoms with Gasteiger partial charge in [-0.1, -0.05) is 24.3 Å². The lowest BCUT2D eigenvalue weighted by atomic mass is 9.81. The monoisotopic (exact) mass is 315 g/mol. The van der Waals surface area contributed by atoms with Gasteiger partial charge < -0.3 is 5.11 Å². The second-order valence-corrected chi connectivity index (χ2v) is 5.33. The van der Waals surface area contributed by atoms with E-state index in [2.05, 4.69) is 10.1 Å². The minimum atomic E-state index is -1.52. The van der Waals surface area contributed by atoms with Gasteiger partial charge >= 0.3 is 0 Å². The van der Waals surface area contributed by atoms with Crippen molar-refractivity contribution in [2.24, 2.45) is 0 Å². The van der Waals surface area contributed by atoms with E-state index in [1.807, 2.05) is 0 Å². The minimum absolute atomic E-state index is 0.399. The molecule has 3 rings (SSSR count). The maximum Gasteiger partial charge on any atom is 0.137 e. The Balaban J connectivity index is 2.16. The fourth-order valence-corrected chi connectivity index (χ4v) is 2.67. The summed E-state index contributed by atoms with van der Waals surface area (Å²) in [6.07, 6.45) is 2.86. The van der Waals surface area contributed by atoms with E-state index in [-0.39, 0.29) is 0 Å². The predicted octanol–water partition coefficient (Wildman–Crippen LogP) is 3.05. The van der Waals surface area contributed by atoms with Crippen LogP contribution < -0.4 is 0 Å². The van der Waals surface area contributed by atoms with E-state index in [0.29, 0.717) is 11.1 Å². The topological polar surface area (TPSA) is 50.9 Å². The molecule has 1 N–H and O–H groups in total. The van der Waals surface area contributed by atoms with Gasteiger partial charge in [-0.2, -0.15) is 5.10 Å². The predicted molar refractivity (Wildman–Crippen MR) is 80.5 cm³/mol. The summed E-state index contributed by atoms with van der Waals surface area (Å²) in [4.78, 5) is 3.89. The van der Waals surface area contributed by atoms with Crippen LogP contribution in [0.5, 0.6) is 0 Å². The summed E-state index contributed by atoms with van der Waals surface area (Å²) in [5.41, 5.74) is -0.559. The zero-order chi connectivity index (χ0) is 16.4. The lowest BCUT2D eigenvalue weighted by Crippen LogP contribution is -2.37. The number of hydrogen-bond acceptors (Lipinski definition) is 3. The third kappa shape index (κ3) is 2.73. The molecule has 1 heterocycles. The number of benzene rings is 2. The van der Waals surface area contributed by atoms with Crippen molar-refractivity contribution in [3.8, 4) is 0 Å². The number of hydrogen-bond donors (Lipinski definition) is 1. The highest BCUT2D eigenvalue weighted by Crippen LogP contribution is 2.39. The van der Waals surface area contributed by atoms with Crippen molar-refractivity contribution in [3.05, 3.63) is 83.9 Å². The molecule has 4 nitrogen and oxygen atoms in total. The van der Waals surface area contributed by atoms with Crippen molar-refractivity contribution in [2.45, 2.75) is 18.6 Å². The Labute approximate surface area is 132 Å². The summed E-state index contributed by atoms with van der Waals surface area (Å²) in [5, 5.41) is 15.5. The first-order valence-electron chi connectivity index (χ1n) is 7.10. The molecule has 0 radical (unpaired) electrons. The highest BCUT2D eigenvalue weighted by molar-refractivity contribution is 5.37. The largest absolute Gasteiger partial charge is 0.378 e. The van der Waals surface area contributed by atoms with Crippen LogP contribution in [0.3, 0.4) is 0 Å². The van der Waals surface area contributed by atoms with Gasteiger partial charge in [-0.05, 0) is 42.3 Å². The van der Waals surface area contributed by atoms with E-state index < -0.39 is 23.3 Å². The third-order valence-electron chi connectivity index (χ3n) is 4.01. The molecule has 0 aliphatic carbocycles. The lowest BCUT2D eigenvalue weighted by molar-refractivity contribution is 0.0245. The highest BCUT2D eigenvalue weighted by atomic mass is 19.1. The van der Waals surface area contributed by atoms with E-state index in [9.17, 15) is 13.9 Å². The van der Waals surface area contributed by atoms with Gasteiger partial charge in [-0.3, -0.25) is 0 Å². The summed E-state index contributed by atoms with van der Waals surface area (Å²) in [5.74, 6) is -0.799. The molecule has 0 saturated carbocycles. The molecule has 0 bridgehead atoms. The number of halogens is 2. The number of rotatable bonds is 4. The molecular formula is C17H15F2N3O. The number of aliphatic hydroxyl groups is 1. The first kappa shape index (κ1) is 15.3. The van der Waals surface area contributed by atoms with Crippen molar-refractivity contribution in [2.75, 3.05) is 0 Å². The van der Waals surface area contributed by atoms with E-state index >= 15 is 0 Å². The van der Waals surface area contributed by atoms with Crippen molar-refractivity contribution >= 4 is 0 Å². The summed E-state index contributed by atoms with van der Waals surface area (Å²) >= 11 is 0. The molecule has 3 aromatic rings. The Morgan fingerprint density at radius 1 is 0.957 bits per heavy atom. The zero-order valence-corrected chi connectivity index (χ0v) is 12.4. The SMILES string of the molecule is CC(n1cncn1)C(O)(c1ccc(F)cc1)c1ccc(F)cc1. The summed E-state index contributed by atoms with van der Waals surface area (Å²) in [6, 6.07) is 10.6. The molecule has 2 aromatic carbocycles. The smallest absolute Gasteiger partial charge is 0.137 e. The van der Waals surface area contributed by atoms with E-state index in [4.69, 9.17) is 0 Å². The van der Waals surface area contributed by atoms with Crippen molar-refractivity contribution in [1.29, 1.82) is 0 Å². The van der Waals surface area contributed by atoms with Crippen LogP contribution in [0, 0.1) is 11.6 Å². The van der Waals surface area contributed by atoms with E-state index in [0.717, 1.165) is 0 Å². The Morgan fingerprint density at radius 3 is 1.83 bits per heavy atom. The summed E-state index contributed by atoms with van der Waals surface area (Å²) < 4.78 is 28.0. The Kier molecular flexibility index (Phi) is 3.92. The Hall–Kier alpha value is -2.60. The van der Waals surface area contributed by atoms with Gasteiger partial charge in [-0.15, -0.1) is 0 Å². The molecule has 0 fully saturated rings. The molecule has 0 aliphatic heterocycles. The standard InChI is InChI=1S/C17H15F2N3O/c1-12(22-11-20-10-21-22)17(23,13-2-6-15(18)7-3-13)14-4-8-16(19)9-5-14/h2-12,23H,1H3. The van der Waals surface area contributed by atoms with Crippen molar-refractivity contribution in [1.82, 2.24) is 14.8 Å². The van der Waals surface area contributed by atoms with E-state index in [1.54, 1.807) is 6.92 Å². The fraction of sp³-hybridized carbons (Fsp3) is 0.176. The quantitative estimate of drug-likeness (QED) is 0.805. The molecule has 1 unspecified atom stereocenters. The first-order valence-corrected chi connectivity index (χ1v) is 7.10. The van der Waals surface area contributed by atoms with Crippen molar-refractivity contribution < 1.29 is 13.9 Å². The first-order chi connectivity index (χ1) is 11.0. The van der Waals surface area contributed by atoms with Crippen LogP contribution in [0.25, 0.3) is 0 Å². The van der Waals surface area contributed by atoms with Crippen LogP contribution in [0.15, 0.2) is 61.2 Å². The molecule has 1 atom stereocenters. The van der Waals surface area contributed by atoms with Gasteiger partial charge in [0, 0.05) is 0 Å². The van der Waals surface area contributed by atoms with Gasteiger partial charge in [0.1, 0.15) is 29.9 Å². The van der Waals surface area contributed by atoms with Gasteiger partial charge in [0.15, 0.2) is 0 Å². The molecule has 118 valence electrons. The fourth-order valence-electron chi connectivity index (χ4n) is 2.67. The highest BCUT2D eigenvalue weighted by Gasteiger charge is 2.39. The van der Waals surface area contributed by atoms with Crippen LogP contribution in [0.2, 0.25) is 0 Å². The second kappa shape index (κ2) is 5.89. The summed E-state index contributed by atoms with van der Waals surface area (Å²) in [6.45, 7) is 1.77. The van der Waals surface area contributed by atoms with Gasteiger partial charge in [0.25, 0.3) is 0 Å². The average Bonchev–Trinajstić information content (AvgIpc) is 3.09. The average molecular weight is 315 g/mol. The maximum absolute atomic E-state index is 13.2. The van der Waals surface area contributed by atoms with Crippen LogP contribution in [-0.4, -0.2) is 19.9 Å². The molecule has 1 aromatic heterocycles. The van der Waals surface area contributed by atoms with Crippen LogP contribution in [0.1, 0.15) is 24.1 Å². The van der Waals surface area contributed by atoms with Crippen LogP contribution >= 0.6 is 0 Å². The second-order valence-electron chi connectivity index (χ2n) is 5.33.